The van der Waals surface area contributed by atoms with E-state index in [2.05, 4.69) is 36.2 Å². The molecule has 2 nitrogen and oxygen atoms in total. The van der Waals surface area contributed by atoms with Gasteiger partial charge in [-0.3, -0.25) is 4.98 Å². The molecular weight excluding hydrogens is 208 g/mol. The highest BCUT2D eigenvalue weighted by Crippen LogP contribution is 2.21. The summed E-state index contributed by atoms with van der Waals surface area (Å²) >= 11 is 0. The van der Waals surface area contributed by atoms with Gasteiger partial charge < -0.3 is 5.73 Å². The molecule has 1 aromatic heterocycles. The number of nitrogen functional groups attached to an aromatic ring is 1. The highest BCUT2D eigenvalue weighted by molar-refractivity contribution is 5.63. The first-order chi connectivity index (χ1) is 8.20. The Labute approximate surface area is 103 Å². The Kier molecular flexibility index (Phi) is 3.43. The Balaban J connectivity index is 2.38. The molecule has 1 heterocycles. The van der Waals surface area contributed by atoms with E-state index < -0.39 is 0 Å². The van der Waals surface area contributed by atoms with Gasteiger partial charge in [-0.2, -0.15) is 0 Å². The summed E-state index contributed by atoms with van der Waals surface area (Å²) < 4.78 is 0. The van der Waals surface area contributed by atoms with Crippen molar-refractivity contribution in [2.75, 3.05) is 5.73 Å². The van der Waals surface area contributed by atoms with Crippen LogP contribution in [0.2, 0.25) is 0 Å². The Morgan fingerprint density at radius 1 is 1.24 bits per heavy atom. The predicted octanol–water partition coefficient (Wildman–Crippen LogP) is 3.59. The van der Waals surface area contributed by atoms with Crippen LogP contribution in [0.25, 0.3) is 11.3 Å². The molecule has 1 aromatic carbocycles. The Morgan fingerprint density at radius 3 is 2.76 bits per heavy atom. The van der Waals surface area contributed by atoms with E-state index in [1.165, 1.54) is 11.1 Å². The zero-order valence-corrected chi connectivity index (χ0v) is 10.4. The number of hydrogen-bond donors (Lipinski definition) is 1. The van der Waals surface area contributed by atoms with Crippen LogP contribution in [0, 0.1) is 6.92 Å². The van der Waals surface area contributed by atoms with Gasteiger partial charge in [-0.25, -0.2) is 0 Å². The lowest BCUT2D eigenvalue weighted by molar-refractivity contribution is 0.922. The summed E-state index contributed by atoms with van der Waals surface area (Å²) in [5.41, 5.74) is 11.1. The molecule has 0 aliphatic rings. The fraction of sp³-hybridized carbons (Fsp3) is 0.267. The smallest absolute Gasteiger partial charge is 0.0706 e. The lowest BCUT2D eigenvalue weighted by atomic mass is 10.0. The first-order valence-electron chi connectivity index (χ1n) is 6.02. The van der Waals surface area contributed by atoms with E-state index in [0.717, 1.165) is 29.8 Å². The van der Waals surface area contributed by atoms with Crippen molar-refractivity contribution in [1.29, 1.82) is 0 Å². The van der Waals surface area contributed by atoms with Crippen LogP contribution < -0.4 is 5.73 Å². The van der Waals surface area contributed by atoms with Crippen LogP contribution in [0.3, 0.4) is 0 Å². The molecule has 0 bridgehead atoms. The molecule has 0 aliphatic carbocycles. The third kappa shape index (κ3) is 2.64. The summed E-state index contributed by atoms with van der Waals surface area (Å²) in [5.74, 6) is 0. The maximum absolute atomic E-state index is 5.78. The molecule has 0 spiro atoms. The standard InChI is InChI=1S/C15H18N2/c1-3-5-12-6-4-7-13(9-12)15-8-11(2)14(16)10-17-15/h4,6-10H,3,5,16H2,1-2H3. The molecule has 2 N–H and O–H groups in total. The topological polar surface area (TPSA) is 38.9 Å². The lowest BCUT2D eigenvalue weighted by Crippen LogP contribution is -1.93. The summed E-state index contributed by atoms with van der Waals surface area (Å²) in [5, 5.41) is 0. The second kappa shape index (κ2) is 5.00. The second-order valence-electron chi connectivity index (χ2n) is 4.38. The van der Waals surface area contributed by atoms with Crippen molar-refractivity contribution >= 4 is 5.69 Å². The van der Waals surface area contributed by atoms with Crippen molar-refractivity contribution < 1.29 is 0 Å². The van der Waals surface area contributed by atoms with Gasteiger partial charge in [-0.05, 0) is 36.6 Å². The van der Waals surface area contributed by atoms with Crippen LogP contribution in [0.1, 0.15) is 24.5 Å². The number of aryl methyl sites for hydroxylation is 2. The van der Waals surface area contributed by atoms with Gasteiger partial charge in [0.05, 0.1) is 17.6 Å². The van der Waals surface area contributed by atoms with Crippen molar-refractivity contribution in [3.05, 3.63) is 47.7 Å². The summed E-state index contributed by atoms with van der Waals surface area (Å²) in [6.45, 7) is 4.20. The van der Waals surface area contributed by atoms with Crippen molar-refractivity contribution in [2.45, 2.75) is 26.7 Å². The van der Waals surface area contributed by atoms with Crippen LogP contribution >= 0.6 is 0 Å². The number of nitrogens with zero attached hydrogens (tertiary/aromatic N) is 1. The molecule has 2 aromatic rings. The summed E-state index contributed by atoms with van der Waals surface area (Å²) in [6.07, 6.45) is 4.01. The minimum Gasteiger partial charge on any atom is -0.397 e. The Hall–Kier alpha value is -1.83. The van der Waals surface area contributed by atoms with Crippen molar-refractivity contribution in [1.82, 2.24) is 4.98 Å². The van der Waals surface area contributed by atoms with Crippen LogP contribution in [-0.2, 0) is 6.42 Å². The number of hydrogen-bond acceptors (Lipinski definition) is 2. The van der Waals surface area contributed by atoms with E-state index in [1.807, 2.05) is 13.0 Å². The summed E-state index contributed by atoms with van der Waals surface area (Å²) in [4.78, 5) is 4.39. The van der Waals surface area contributed by atoms with Gasteiger partial charge in [0.2, 0.25) is 0 Å². The average Bonchev–Trinajstić information content (AvgIpc) is 2.33. The van der Waals surface area contributed by atoms with Crippen molar-refractivity contribution in [2.24, 2.45) is 0 Å². The maximum Gasteiger partial charge on any atom is 0.0706 e. The number of nitrogens with two attached hydrogens (primary N) is 1. The largest absolute Gasteiger partial charge is 0.397 e. The molecule has 0 atom stereocenters. The van der Waals surface area contributed by atoms with E-state index in [4.69, 9.17) is 5.73 Å². The third-order valence-electron chi connectivity index (χ3n) is 2.91. The molecule has 0 aliphatic heterocycles. The van der Waals surface area contributed by atoms with E-state index in [0.29, 0.717) is 0 Å². The van der Waals surface area contributed by atoms with Gasteiger partial charge in [0.15, 0.2) is 0 Å². The quantitative estimate of drug-likeness (QED) is 0.868. The molecule has 0 saturated carbocycles. The predicted molar refractivity (Wildman–Crippen MR) is 72.8 cm³/mol. The first kappa shape index (κ1) is 11.6. The molecule has 0 fully saturated rings. The lowest BCUT2D eigenvalue weighted by Gasteiger charge is -2.06. The van der Waals surface area contributed by atoms with Crippen LogP contribution in [0.4, 0.5) is 5.69 Å². The zero-order valence-electron chi connectivity index (χ0n) is 10.4. The van der Waals surface area contributed by atoms with E-state index in [-0.39, 0.29) is 0 Å². The molecule has 2 heteroatoms. The number of rotatable bonds is 3. The molecule has 2 rings (SSSR count). The average molecular weight is 226 g/mol. The van der Waals surface area contributed by atoms with Gasteiger partial charge in [-0.15, -0.1) is 0 Å². The molecule has 0 amide bonds. The zero-order chi connectivity index (χ0) is 12.3. The van der Waals surface area contributed by atoms with E-state index in [1.54, 1.807) is 6.20 Å². The van der Waals surface area contributed by atoms with Gasteiger partial charge in [0, 0.05) is 5.56 Å². The summed E-state index contributed by atoms with van der Waals surface area (Å²) in [7, 11) is 0. The number of aromatic nitrogens is 1. The molecule has 88 valence electrons. The monoisotopic (exact) mass is 226 g/mol. The first-order valence-corrected chi connectivity index (χ1v) is 6.02. The number of pyridine rings is 1. The highest BCUT2D eigenvalue weighted by atomic mass is 14.7. The van der Waals surface area contributed by atoms with Crippen LogP contribution in [0.15, 0.2) is 36.5 Å². The van der Waals surface area contributed by atoms with Crippen molar-refractivity contribution in [3.63, 3.8) is 0 Å². The minimum atomic E-state index is 0.749. The minimum absolute atomic E-state index is 0.749. The number of benzene rings is 1. The number of anilines is 1. The molecule has 17 heavy (non-hydrogen) atoms. The van der Waals surface area contributed by atoms with Crippen LogP contribution in [-0.4, -0.2) is 4.98 Å². The Morgan fingerprint density at radius 2 is 2.06 bits per heavy atom. The second-order valence-corrected chi connectivity index (χ2v) is 4.38. The summed E-state index contributed by atoms with van der Waals surface area (Å²) in [6, 6.07) is 10.6. The van der Waals surface area contributed by atoms with Gasteiger partial charge >= 0.3 is 0 Å². The highest BCUT2D eigenvalue weighted by Gasteiger charge is 2.02. The van der Waals surface area contributed by atoms with E-state index in [9.17, 15) is 0 Å². The normalized spacial score (nSPS) is 10.5. The molecule has 0 radical (unpaired) electrons. The van der Waals surface area contributed by atoms with Gasteiger partial charge in [0.25, 0.3) is 0 Å². The fourth-order valence-corrected chi connectivity index (χ4v) is 1.90. The molecule has 0 saturated heterocycles. The maximum atomic E-state index is 5.78. The van der Waals surface area contributed by atoms with Crippen molar-refractivity contribution in [3.8, 4) is 11.3 Å². The molecular formula is C15H18N2. The van der Waals surface area contributed by atoms with Gasteiger partial charge in [0.1, 0.15) is 0 Å². The fourth-order valence-electron chi connectivity index (χ4n) is 1.90. The van der Waals surface area contributed by atoms with E-state index >= 15 is 0 Å². The SMILES string of the molecule is CCCc1cccc(-c2cc(C)c(N)cn2)c1. The van der Waals surface area contributed by atoms with Crippen LogP contribution in [0.5, 0.6) is 0 Å². The van der Waals surface area contributed by atoms with Gasteiger partial charge in [-0.1, -0.05) is 31.5 Å². The third-order valence-corrected chi connectivity index (χ3v) is 2.91. The Bertz CT molecular complexity index is 518. The molecule has 0 unspecified atom stereocenters.